The van der Waals surface area contributed by atoms with Crippen molar-refractivity contribution in [3.63, 3.8) is 0 Å². The molecule has 8 N–H and O–H groups in total. The molecule has 8 aromatic rings. The van der Waals surface area contributed by atoms with Gasteiger partial charge in [-0.2, -0.15) is 0 Å². The summed E-state index contributed by atoms with van der Waals surface area (Å²) in [5.74, 6) is 2.99. The molecule has 0 spiro atoms. The molecular weight excluding hydrogens is 1350 g/mol. The molecule has 18 heteroatoms. The molecule has 8 rings (SSSR count). The maximum atomic E-state index is 13.7. The third-order valence-corrected chi connectivity index (χ3v) is 16.5. The molecule has 0 fully saturated rings. The second-order valence-corrected chi connectivity index (χ2v) is 27.7. The van der Waals surface area contributed by atoms with Crippen LogP contribution in [-0.2, 0) is 0 Å². The Kier molecular flexibility index (Phi) is 32.5. The van der Waals surface area contributed by atoms with Crippen molar-refractivity contribution in [2.24, 2.45) is 0 Å². The first kappa shape index (κ1) is 79.1. The van der Waals surface area contributed by atoms with Gasteiger partial charge >= 0.3 is 14.2 Å². The van der Waals surface area contributed by atoms with Crippen LogP contribution in [0.15, 0.2) is 142 Å². The minimum absolute atomic E-state index is 0.0330. The van der Waals surface area contributed by atoms with Crippen molar-refractivity contribution in [3.05, 3.63) is 219 Å². The Bertz CT molecular complexity index is 3400. The number of hydrogen-bond acceptors (Lipinski definition) is 8. The number of phenols is 4. The van der Waals surface area contributed by atoms with Crippen LogP contribution in [0.4, 0.5) is 8.78 Å². The summed E-state index contributed by atoms with van der Waals surface area (Å²) >= 11 is 29.5. The van der Waals surface area contributed by atoms with E-state index in [4.69, 9.17) is 66.5 Å². The van der Waals surface area contributed by atoms with Gasteiger partial charge in [-0.15, -0.1) is 0 Å². The lowest BCUT2D eigenvalue weighted by Crippen LogP contribution is -2.29. The first-order valence-electron chi connectivity index (χ1n) is 29.8. The predicted molar refractivity (Wildman–Crippen MR) is 384 cm³/mol. The van der Waals surface area contributed by atoms with E-state index in [0.29, 0.717) is 69.0 Å². The smallest absolute Gasteiger partial charge is 0.488 e. The third-order valence-electron chi connectivity index (χ3n) is 14.4. The van der Waals surface area contributed by atoms with Gasteiger partial charge in [-0.05, 0) is 222 Å². The molecule has 0 atom stereocenters. The fraction of sp³-hybridized carbons (Fsp3) is 0.333. The van der Waals surface area contributed by atoms with Gasteiger partial charge in [0.25, 0.3) is 0 Å². The summed E-state index contributed by atoms with van der Waals surface area (Å²) in [7, 11) is -3.06. The fourth-order valence-corrected chi connectivity index (χ4v) is 10.6. The minimum atomic E-state index is -1.65. The van der Waals surface area contributed by atoms with Crippen LogP contribution >= 0.6 is 78.3 Å². The van der Waals surface area contributed by atoms with Gasteiger partial charge in [-0.3, -0.25) is 0 Å². The normalized spacial score (nSPS) is 11.0. The average molecular weight is 1440 g/mol. The molecule has 8 nitrogen and oxygen atoms in total. The van der Waals surface area contributed by atoms with E-state index in [9.17, 15) is 29.2 Å². The number of phenolic OH excluding ortho intramolecular Hbond substituents is 4. The molecule has 0 bridgehead atoms. The molecule has 0 aliphatic carbocycles. The van der Waals surface area contributed by atoms with Crippen molar-refractivity contribution in [2.75, 3.05) is 0 Å². The van der Waals surface area contributed by atoms with E-state index in [-0.39, 0.29) is 27.3 Å². The van der Waals surface area contributed by atoms with Gasteiger partial charge in [0.1, 0.15) is 34.6 Å². The molecule has 90 heavy (non-hydrogen) atoms. The zero-order valence-electron chi connectivity index (χ0n) is 54.1. The van der Waals surface area contributed by atoms with Crippen LogP contribution in [0.1, 0.15) is 203 Å². The summed E-state index contributed by atoms with van der Waals surface area (Å²) in [4.78, 5) is 0. The monoisotopic (exact) mass is 1440 g/mol. The van der Waals surface area contributed by atoms with Crippen molar-refractivity contribution < 1.29 is 49.3 Å². The second-order valence-electron chi connectivity index (χ2n) is 24.2. The van der Waals surface area contributed by atoms with E-state index in [1.165, 1.54) is 18.2 Å². The number of benzene rings is 8. The van der Waals surface area contributed by atoms with Gasteiger partial charge in [0.15, 0.2) is 0 Å². The van der Waals surface area contributed by atoms with Gasteiger partial charge in [0, 0.05) is 19.0 Å². The Hall–Kier alpha value is -5.09. The van der Waals surface area contributed by atoms with E-state index < -0.39 is 25.9 Å². The number of rotatable bonds is 12. The lowest BCUT2D eigenvalue weighted by Gasteiger charge is -2.18. The predicted octanol–water partition coefficient (Wildman–Crippen LogP) is 21.0. The molecule has 0 aromatic heterocycles. The maximum Gasteiger partial charge on any atom is 0.488 e. The Labute approximate surface area is 570 Å². The lowest BCUT2D eigenvalue weighted by atomic mass is 9.80. The zero-order chi connectivity index (χ0) is 68.3. The van der Waals surface area contributed by atoms with E-state index in [1.54, 1.807) is 36.4 Å². The fourth-order valence-electron chi connectivity index (χ4n) is 9.12. The van der Waals surface area contributed by atoms with E-state index in [0.717, 1.165) is 86.8 Å². The second kappa shape index (κ2) is 37.0. The van der Waals surface area contributed by atoms with Gasteiger partial charge in [0.05, 0.1) is 10.0 Å². The van der Waals surface area contributed by atoms with Crippen LogP contribution in [0, 0.1) is 11.6 Å². The van der Waals surface area contributed by atoms with Gasteiger partial charge in [-0.1, -0.05) is 225 Å². The Morgan fingerprint density at radius 1 is 0.300 bits per heavy atom. The van der Waals surface area contributed by atoms with Crippen LogP contribution in [0.2, 0.25) is 20.1 Å². The molecular formula is C72H86B2Br2Cl4F2O8. The van der Waals surface area contributed by atoms with Gasteiger partial charge in [0.2, 0.25) is 0 Å². The summed E-state index contributed by atoms with van der Waals surface area (Å²) < 4.78 is 28.4. The average Bonchev–Trinajstić information content (AvgIpc) is 0.893. The van der Waals surface area contributed by atoms with Gasteiger partial charge in [-0.25, -0.2) is 8.78 Å². The number of halogens is 8. The molecule has 0 saturated carbocycles. The topological polar surface area (TPSA) is 162 Å². The molecule has 484 valence electrons. The molecule has 0 radical (unpaired) electrons. The summed E-state index contributed by atoms with van der Waals surface area (Å²) in [5, 5.41) is 76.7. The van der Waals surface area contributed by atoms with E-state index in [1.807, 2.05) is 88.4 Å². The van der Waals surface area contributed by atoms with E-state index in [2.05, 4.69) is 127 Å². The van der Waals surface area contributed by atoms with Crippen molar-refractivity contribution in [2.45, 2.75) is 158 Å². The number of aromatic hydroxyl groups is 4. The summed E-state index contributed by atoms with van der Waals surface area (Å²) in [6.07, 6.45) is 0. The molecule has 0 aliphatic heterocycles. The lowest BCUT2D eigenvalue weighted by molar-refractivity contribution is 0.424. The largest absolute Gasteiger partial charge is 0.507 e. The third kappa shape index (κ3) is 23.8. The molecule has 0 saturated heterocycles. The molecule has 8 aromatic carbocycles. The Balaban J connectivity index is 0.000000288. The highest BCUT2D eigenvalue weighted by molar-refractivity contribution is 9.10. The van der Waals surface area contributed by atoms with Crippen molar-refractivity contribution in [1.82, 2.24) is 0 Å². The SMILES string of the molecule is CC(C)c1cc(-c2ccc(Cl)c(F)c2)cc(C(C)C)c1O.CC(C)c1cc(-c2ccc(Cl)cc2)cc(C(C)C)c1O.CC(C)c1cc(Br)cc(C(C)C)c1O.CC(C)c1cc(Br)cc(C(C)C)c1O.OB(O)c1ccc(Cl)c(F)c1.OB(O)c1ccc(Cl)cc1. The van der Waals surface area contributed by atoms with Crippen molar-refractivity contribution in [1.29, 1.82) is 0 Å². The van der Waals surface area contributed by atoms with Gasteiger partial charge < -0.3 is 40.5 Å². The first-order valence-corrected chi connectivity index (χ1v) is 32.9. The Morgan fingerprint density at radius 3 is 0.800 bits per heavy atom. The minimum Gasteiger partial charge on any atom is -0.507 e. The number of hydrogen-bond donors (Lipinski definition) is 8. The van der Waals surface area contributed by atoms with E-state index >= 15 is 0 Å². The molecule has 0 unspecified atom stereocenters. The maximum absolute atomic E-state index is 13.7. The molecule has 0 amide bonds. The first-order chi connectivity index (χ1) is 41.9. The van der Waals surface area contributed by atoms with Crippen molar-refractivity contribution >= 4 is 103 Å². The molecule has 0 aliphatic rings. The molecule has 0 heterocycles. The highest BCUT2D eigenvalue weighted by Crippen LogP contribution is 2.41. The zero-order valence-corrected chi connectivity index (χ0v) is 60.3. The van der Waals surface area contributed by atoms with Crippen LogP contribution in [0.5, 0.6) is 23.0 Å². The summed E-state index contributed by atoms with van der Waals surface area (Å²) in [6.45, 7) is 33.3. The highest BCUT2D eigenvalue weighted by Gasteiger charge is 2.20. The van der Waals surface area contributed by atoms with Crippen LogP contribution in [-0.4, -0.2) is 54.8 Å². The summed E-state index contributed by atoms with van der Waals surface area (Å²) in [5.41, 5.74) is 12.3. The van der Waals surface area contributed by atoms with Crippen LogP contribution in [0.25, 0.3) is 22.3 Å². The summed E-state index contributed by atoms with van der Waals surface area (Å²) in [6, 6.07) is 38.5. The standard InChI is InChI=1S/C18H20ClFO.C18H21ClO.2C12H17BrO.C6H5BClFO2.C6H6BClO2/c1-10(2)14-7-13(8-15(11(3)4)18(14)21)12-5-6-16(19)17(20)9-12;1-11(2)16-9-14(10-17(12(3)4)18(16)20)13-5-7-15(19)8-6-13;2*1-7(2)10-5-9(13)6-11(8(3)4)12(10)14;8-5-2-1-4(7(10)11)3-6(5)9;8-6-3-1-5(2-4-6)7(9)10/h5-11,21H,1-4H3;5-12,20H,1-4H3;2*5-8,14H,1-4H3;1-3,10-11H;1-4,9-10H. The van der Waals surface area contributed by atoms with Crippen molar-refractivity contribution in [3.8, 4) is 45.3 Å². The quantitative estimate of drug-likeness (QED) is 0.0561. The van der Waals surface area contributed by atoms with Crippen LogP contribution < -0.4 is 10.9 Å². The van der Waals surface area contributed by atoms with Crippen LogP contribution in [0.3, 0.4) is 0 Å². The Morgan fingerprint density at radius 2 is 0.533 bits per heavy atom. The highest BCUT2D eigenvalue weighted by atomic mass is 79.9.